The summed E-state index contributed by atoms with van der Waals surface area (Å²) in [4.78, 5) is 44.5. The summed E-state index contributed by atoms with van der Waals surface area (Å²) in [6.07, 6.45) is 6.35. The lowest BCUT2D eigenvalue weighted by Gasteiger charge is -2.34. The Kier molecular flexibility index (Phi) is 8.39. The van der Waals surface area contributed by atoms with E-state index in [1.54, 1.807) is 30.5 Å². The van der Waals surface area contributed by atoms with Crippen LogP contribution in [0.2, 0.25) is 0 Å². The zero-order valence-electron chi connectivity index (χ0n) is 23.5. The van der Waals surface area contributed by atoms with Crippen molar-refractivity contribution < 1.29 is 33.7 Å². The number of Topliss-reactive ketones (excluding diaryl/α,β-unsaturated/α-hetero) is 1. The Balaban J connectivity index is 1.12. The first-order valence-corrected chi connectivity index (χ1v) is 14.4. The van der Waals surface area contributed by atoms with Gasteiger partial charge in [-0.3, -0.25) is 14.4 Å². The number of rotatable bonds is 10. The fourth-order valence-corrected chi connectivity index (χ4v) is 5.72. The van der Waals surface area contributed by atoms with E-state index in [-0.39, 0.29) is 25.2 Å². The molecule has 2 aliphatic heterocycles. The van der Waals surface area contributed by atoms with Crippen molar-refractivity contribution in [1.82, 2.24) is 10.3 Å². The molecule has 3 heterocycles. The molecule has 1 fully saturated rings. The number of benzene rings is 2. The Morgan fingerprint density at radius 3 is 2.84 bits per heavy atom. The van der Waals surface area contributed by atoms with Gasteiger partial charge in [-0.1, -0.05) is 48.6 Å². The van der Waals surface area contributed by atoms with Crippen LogP contribution >= 0.6 is 0 Å². The van der Waals surface area contributed by atoms with Gasteiger partial charge in [-0.05, 0) is 36.6 Å². The number of H-pyrrole nitrogens is 1. The summed E-state index contributed by atoms with van der Waals surface area (Å²) in [7, 11) is 0. The van der Waals surface area contributed by atoms with Crippen LogP contribution in [-0.2, 0) is 19.1 Å². The molecule has 11 nitrogen and oxygen atoms in total. The van der Waals surface area contributed by atoms with Crippen LogP contribution in [0.4, 0.5) is 5.69 Å². The number of carbonyl (C=O) groups is 3. The third-order valence-corrected chi connectivity index (χ3v) is 8.05. The molecule has 5 N–H and O–H groups in total. The third-order valence-electron chi connectivity index (χ3n) is 8.05. The summed E-state index contributed by atoms with van der Waals surface area (Å²) in [6, 6.07) is 13.3. The number of para-hydroxylation sites is 3. The molecule has 3 unspecified atom stereocenters. The van der Waals surface area contributed by atoms with Crippen LogP contribution in [0.15, 0.2) is 78.5 Å². The summed E-state index contributed by atoms with van der Waals surface area (Å²) >= 11 is 0. The number of nitrogens with two attached hydrogens (primary N) is 1. The normalized spacial score (nSPS) is 23.9. The second-order valence-corrected chi connectivity index (χ2v) is 10.9. The van der Waals surface area contributed by atoms with Crippen molar-refractivity contribution in [3.8, 4) is 5.75 Å². The average Bonchev–Trinajstić information content (AvgIpc) is 3.63. The minimum absolute atomic E-state index is 0.0199. The fourth-order valence-electron chi connectivity index (χ4n) is 5.72. The van der Waals surface area contributed by atoms with E-state index in [1.807, 2.05) is 36.4 Å². The van der Waals surface area contributed by atoms with Crippen molar-refractivity contribution in [2.75, 3.05) is 18.1 Å². The van der Waals surface area contributed by atoms with Crippen LogP contribution in [-0.4, -0.2) is 65.7 Å². The second-order valence-electron chi connectivity index (χ2n) is 10.9. The maximum absolute atomic E-state index is 13.6. The van der Waals surface area contributed by atoms with Crippen LogP contribution in [0.25, 0.3) is 10.9 Å². The molecule has 11 heteroatoms. The maximum atomic E-state index is 13.6. The number of anilines is 1. The van der Waals surface area contributed by atoms with E-state index in [0.717, 1.165) is 29.3 Å². The molecule has 3 aromatic rings. The lowest BCUT2D eigenvalue weighted by Crippen LogP contribution is -2.55. The van der Waals surface area contributed by atoms with E-state index in [2.05, 4.69) is 16.4 Å². The Morgan fingerprint density at radius 2 is 2.00 bits per heavy atom. The first kappa shape index (κ1) is 28.8. The van der Waals surface area contributed by atoms with E-state index < -0.39 is 42.6 Å². The van der Waals surface area contributed by atoms with Gasteiger partial charge in [-0.15, -0.1) is 0 Å². The number of ether oxygens (including phenoxy) is 3. The van der Waals surface area contributed by atoms with Crippen LogP contribution in [0, 0.1) is 5.92 Å². The van der Waals surface area contributed by atoms with Gasteiger partial charge in [0.2, 0.25) is 0 Å². The summed E-state index contributed by atoms with van der Waals surface area (Å²) in [5.74, 6) is -1.43. The number of ketones is 1. The summed E-state index contributed by atoms with van der Waals surface area (Å²) in [5, 5.41) is 13.6. The quantitative estimate of drug-likeness (QED) is 0.283. The molecule has 0 radical (unpaired) electrons. The molecule has 43 heavy (non-hydrogen) atoms. The number of hydrogen-bond acceptors (Lipinski definition) is 8. The van der Waals surface area contributed by atoms with E-state index in [4.69, 9.17) is 19.9 Å². The minimum Gasteiger partial charge on any atom is -0.459 e. The molecular formula is C32H34N4O7. The highest BCUT2D eigenvalue weighted by Crippen LogP contribution is 2.34. The zero-order valence-corrected chi connectivity index (χ0v) is 23.5. The molecule has 0 saturated carbocycles. The van der Waals surface area contributed by atoms with Crippen LogP contribution < -0.4 is 20.7 Å². The number of aliphatic hydroxyl groups excluding tert-OH is 1. The van der Waals surface area contributed by atoms with Crippen molar-refractivity contribution in [3.63, 3.8) is 0 Å². The van der Waals surface area contributed by atoms with Gasteiger partial charge in [-0.2, -0.15) is 0 Å². The lowest BCUT2D eigenvalue weighted by atomic mass is 9.92. The van der Waals surface area contributed by atoms with Gasteiger partial charge in [0.1, 0.15) is 5.75 Å². The van der Waals surface area contributed by atoms with Crippen molar-refractivity contribution in [1.29, 1.82) is 0 Å². The minimum atomic E-state index is -1.29. The number of amides is 2. The summed E-state index contributed by atoms with van der Waals surface area (Å²) < 4.78 is 17.3. The molecule has 6 rings (SSSR count). The SMILES string of the molecule is N[C@@H](C(=O)CCN1C(=O)C(NC(=O)c2c[nH]c3ccccc23)Oc2ccccc21)C1CC(O)O[C@H]1OCC1=CC=CCC1. The monoisotopic (exact) mass is 586 g/mol. The van der Waals surface area contributed by atoms with Gasteiger partial charge in [0.15, 0.2) is 18.4 Å². The predicted molar refractivity (Wildman–Crippen MR) is 158 cm³/mol. The number of carbonyl (C=O) groups excluding carboxylic acids is 3. The number of aliphatic hydroxyl groups is 1. The highest BCUT2D eigenvalue weighted by Gasteiger charge is 2.42. The number of aromatic amines is 1. The van der Waals surface area contributed by atoms with E-state index in [1.165, 1.54) is 4.90 Å². The van der Waals surface area contributed by atoms with Crippen LogP contribution in [0.5, 0.6) is 5.75 Å². The van der Waals surface area contributed by atoms with Crippen LogP contribution in [0.1, 0.15) is 36.0 Å². The summed E-state index contributed by atoms with van der Waals surface area (Å²) in [6.45, 7) is 0.343. The Hall–Kier alpha value is -4.29. The highest BCUT2D eigenvalue weighted by atomic mass is 16.7. The molecule has 1 aliphatic carbocycles. The topological polar surface area (TPSA) is 156 Å². The largest absolute Gasteiger partial charge is 0.459 e. The molecule has 1 aromatic heterocycles. The average molecular weight is 587 g/mol. The molecule has 1 saturated heterocycles. The van der Waals surface area contributed by atoms with Gasteiger partial charge < -0.3 is 40.3 Å². The lowest BCUT2D eigenvalue weighted by molar-refractivity contribution is -0.192. The summed E-state index contributed by atoms with van der Waals surface area (Å²) in [5.41, 5.74) is 9.15. The maximum Gasteiger partial charge on any atom is 0.289 e. The Bertz CT molecular complexity index is 1580. The molecule has 2 aromatic carbocycles. The van der Waals surface area contributed by atoms with Gasteiger partial charge in [-0.25, -0.2) is 0 Å². The zero-order chi connectivity index (χ0) is 29.9. The van der Waals surface area contributed by atoms with E-state index >= 15 is 0 Å². The molecule has 0 bridgehead atoms. The molecule has 224 valence electrons. The molecule has 5 atom stereocenters. The number of fused-ring (bicyclic) bond motifs is 2. The molecule has 0 spiro atoms. The molecule has 2 amide bonds. The van der Waals surface area contributed by atoms with Crippen molar-refractivity contribution in [2.45, 2.75) is 50.5 Å². The number of aromatic nitrogens is 1. The van der Waals surface area contributed by atoms with Crippen molar-refractivity contribution in [2.24, 2.45) is 11.7 Å². The second kappa shape index (κ2) is 12.5. The number of allylic oxidation sites excluding steroid dienone is 3. The molecule has 3 aliphatic rings. The standard InChI is InChI=1S/C32H34N4O7/c33-28(21-16-27(38)43-32(21)41-18-19-8-2-1-3-9-19)25(37)14-15-36-24-12-6-7-13-26(24)42-30(31(36)40)35-29(39)22-17-34-23-11-5-4-10-20(22)23/h1-2,4-8,10-13,17,21,27-28,30,32,34,38H,3,9,14-16,18,33H2,(H,35,39)/t21?,27?,28-,30?,32-/m1/s1. The van der Waals surface area contributed by atoms with E-state index in [9.17, 15) is 19.5 Å². The first-order chi connectivity index (χ1) is 20.9. The smallest absolute Gasteiger partial charge is 0.289 e. The Morgan fingerprint density at radius 1 is 1.19 bits per heavy atom. The van der Waals surface area contributed by atoms with Crippen molar-refractivity contribution in [3.05, 3.63) is 84.1 Å². The Labute approximate surface area is 248 Å². The fraction of sp³-hybridized carbons (Fsp3) is 0.344. The predicted octanol–water partition coefficient (Wildman–Crippen LogP) is 2.91. The van der Waals surface area contributed by atoms with Crippen molar-refractivity contribution >= 4 is 34.2 Å². The van der Waals surface area contributed by atoms with Crippen LogP contribution in [0.3, 0.4) is 0 Å². The number of hydrogen-bond donors (Lipinski definition) is 4. The van der Waals surface area contributed by atoms with Gasteiger partial charge in [0.05, 0.1) is 23.9 Å². The van der Waals surface area contributed by atoms with Gasteiger partial charge >= 0.3 is 0 Å². The van der Waals surface area contributed by atoms with Gasteiger partial charge in [0.25, 0.3) is 18.0 Å². The number of nitrogens with one attached hydrogen (secondary N) is 2. The van der Waals surface area contributed by atoms with Gasteiger partial charge in [0, 0.05) is 42.4 Å². The number of nitrogens with zero attached hydrogens (tertiary/aromatic N) is 1. The first-order valence-electron chi connectivity index (χ1n) is 14.4. The van der Waals surface area contributed by atoms with E-state index in [0.29, 0.717) is 23.6 Å². The molecular weight excluding hydrogens is 552 g/mol. The third kappa shape index (κ3) is 6.11. The highest BCUT2D eigenvalue weighted by molar-refractivity contribution is 6.09.